The number of hydrogen-bond acceptors (Lipinski definition) is 3. The fourth-order valence-corrected chi connectivity index (χ4v) is 1.83. The molecule has 0 bridgehead atoms. The summed E-state index contributed by atoms with van der Waals surface area (Å²) in [5.74, 6) is 0.236. The molecule has 0 fully saturated rings. The van der Waals surface area contributed by atoms with Crippen LogP contribution in [0, 0.1) is 5.82 Å². The quantitative estimate of drug-likeness (QED) is 0.882. The van der Waals surface area contributed by atoms with Gasteiger partial charge >= 0.3 is 0 Å². The molecule has 4 nitrogen and oxygen atoms in total. The zero-order valence-corrected chi connectivity index (χ0v) is 12.1. The van der Waals surface area contributed by atoms with Gasteiger partial charge in [0.15, 0.2) is 0 Å². The normalized spacial score (nSPS) is 11.1. The van der Waals surface area contributed by atoms with E-state index in [0.717, 1.165) is 11.3 Å². The van der Waals surface area contributed by atoms with Gasteiger partial charge in [-0.25, -0.2) is 4.39 Å². The fraction of sp³-hybridized carbons (Fsp3) is 0.400. The Morgan fingerprint density at radius 3 is 2.80 bits per heavy atom. The molecule has 1 N–H and O–H groups in total. The third-order valence-electron chi connectivity index (χ3n) is 2.80. The van der Waals surface area contributed by atoms with Crippen molar-refractivity contribution in [2.24, 2.45) is 7.05 Å². The van der Waals surface area contributed by atoms with Crippen molar-refractivity contribution in [1.82, 2.24) is 15.1 Å². The highest BCUT2D eigenvalue weighted by atomic mass is 19.1. The van der Waals surface area contributed by atoms with Crippen molar-refractivity contribution in [2.45, 2.75) is 33.0 Å². The molecule has 0 aliphatic heterocycles. The number of nitrogens with zero attached hydrogens (tertiary/aromatic N) is 2. The van der Waals surface area contributed by atoms with Crippen LogP contribution in [0.15, 0.2) is 30.5 Å². The summed E-state index contributed by atoms with van der Waals surface area (Å²) in [4.78, 5) is 0. The molecule has 0 aliphatic carbocycles. The molecular weight excluding hydrogens is 257 g/mol. The van der Waals surface area contributed by atoms with Crippen molar-refractivity contribution in [2.75, 3.05) is 0 Å². The fourth-order valence-electron chi connectivity index (χ4n) is 1.83. The number of aryl methyl sites for hydroxylation is 1. The molecule has 5 heteroatoms. The molecule has 0 saturated heterocycles. The Hall–Kier alpha value is -1.88. The molecule has 0 spiro atoms. The monoisotopic (exact) mass is 277 g/mol. The first-order valence-electron chi connectivity index (χ1n) is 6.67. The number of ether oxygens (including phenoxy) is 1. The average molecular weight is 277 g/mol. The second-order valence-corrected chi connectivity index (χ2v) is 5.10. The molecule has 20 heavy (non-hydrogen) atoms. The first kappa shape index (κ1) is 14.5. The topological polar surface area (TPSA) is 39.1 Å². The van der Waals surface area contributed by atoms with E-state index in [2.05, 4.69) is 24.3 Å². The summed E-state index contributed by atoms with van der Waals surface area (Å²) in [6.45, 7) is 5.06. The highest BCUT2D eigenvalue weighted by Crippen LogP contribution is 2.17. The molecule has 0 aliphatic rings. The van der Waals surface area contributed by atoms with Gasteiger partial charge in [-0.15, -0.1) is 0 Å². The summed E-state index contributed by atoms with van der Waals surface area (Å²) in [6, 6.07) is 6.99. The minimum Gasteiger partial charge on any atom is -0.487 e. The first-order valence-corrected chi connectivity index (χ1v) is 6.67. The Kier molecular flexibility index (Phi) is 4.74. The standard InChI is InChI=1S/C15H20FN3O/c1-11(2)17-9-12-6-13(16)8-15(7-12)20-10-14-4-5-19(3)18-14/h4-8,11,17H,9-10H2,1-3H3. The van der Waals surface area contributed by atoms with Gasteiger partial charge in [0.05, 0.1) is 5.69 Å². The summed E-state index contributed by atoms with van der Waals surface area (Å²) in [5.41, 5.74) is 1.69. The van der Waals surface area contributed by atoms with Crippen molar-refractivity contribution >= 4 is 0 Å². The molecule has 0 amide bonds. The average Bonchev–Trinajstić information content (AvgIpc) is 2.79. The highest BCUT2D eigenvalue weighted by molar-refractivity contribution is 5.29. The second-order valence-electron chi connectivity index (χ2n) is 5.10. The molecule has 0 saturated carbocycles. The zero-order valence-electron chi connectivity index (χ0n) is 12.1. The minimum atomic E-state index is -0.288. The van der Waals surface area contributed by atoms with Gasteiger partial charge in [0.1, 0.15) is 18.2 Å². The molecular formula is C15H20FN3O. The zero-order chi connectivity index (χ0) is 14.5. The molecule has 2 aromatic rings. The van der Waals surface area contributed by atoms with E-state index >= 15 is 0 Å². The van der Waals surface area contributed by atoms with Crippen molar-refractivity contribution in [3.63, 3.8) is 0 Å². The van der Waals surface area contributed by atoms with E-state index in [1.807, 2.05) is 25.4 Å². The Morgan fingerprint density at radius 2 is 2.15 bits per heavy atom. The van der Waals surface area contributed by atoms with Gasteiger partial charge in [0, 0.05) is 31.9 Å². The Labute approximate surface area is 118 Å². The lowest BCUT2D eigenvalue weighted by atomic mass is 10.2. The maximum Gasteiger partial charge on any atom is 0.132 e. The van der Waals surface area contributed by atoms with Crippen molar-refractivity contribution in [1.29, 1.82) is 0 Å². The van der Waals surface area contributed by atoms with Crippen molar-refractivity contribution < 1.29 is 9.13 Å². The van der Waals surface area contributed by atoms with Gasteiger partial charge in [0.2, 0.25) is 0 Å². The van der Waals surface area contributed by atoms with Crippen molar-refractivity contribution in [3.8, 4) is 5.75 Å². The van der Waals surface area contributed by atoms with Crippen LogP contribution in [0.4, 0.5) is 4.39 Å². The molecule has 0 radical (unpaired) electrons. The Bertz CT molecular complexity index is 566. The smallest absolute Gasteiger partial charge is 0.132 e. The summed E-state index contributed by atoms with van der Waals surface area (Å²) >= 11 is 0. The lowest BCUT2D eigenvalue weighted by molar-refractivity contribution is 0.298. The minimum absolute atomic E-state index is 0.288. The van der Waals surface area contributed by atoms with Gasteiger partial charge in [-0.3, -0.25) is 4.68 Å². The lowest BCUT2D eigenvalue weighted by Crippen LogP contribution is -2.21. The number of nitrogens with one attached hydrogen (secondary N) is 1. The number of rotatable bonds is 6. The van der Waals surface area contributed by atoms with E-state index in [4.69, 9.17) is 4.74 Å². The van der Waals surface area contributed by atoms with Crippen LogP contribution in [0.2, 0.25) is 0 Å². The molecule has 1 aromatic carbocycles. The van der Waals surface area contributed by atoms with Crippen molar-refractivity contribution in [3.05, 3.63) is 47.5 Å². The highest BCUT2D eigenvalue weighted by Gasteiger charge is 2.04. The number of benzene rings is 1. The molecule has 0 atom stereocenters. The molecule has 1 heterocycles. The Morgan fingerprint density at radius 1 is 1.35 bits per heavy atom. The van der Waals surface area contributed by atoms with Crippen LogP contribution in [-0.4, -0.2) is 15.8 Å². The number of halogens is 1. The number of hydrogen-bond donors (Lipinski definition) is 1. The van der Waals surface area contributed by atoms with E-state index in [9.17, 15) is 4.39 Å². The number of aromatic nitrogens is 2. The van der Waals surface area contributed by atoms with Crippen LogP contribution in [-0.2, 0) is 20.2 Å². The molecule has 2 rings (SSSR count). The Balaban J connectivity index is 2.00. The van der Waals surface area contributed by atoms with Crippen LogP contribution in [0.25, 0.3) is 0 Å². The molecule has 108 valence electrons. The van der Waals surface area contributed by atoms with E-state index in [-0.39, 0.29) is 5.82 Å². The summed E-state index contributed by atoms with van der Waals surface area (Å²) < 4.78 is 20.9. The summed E-state index contributed by atoms with van der Waals surface area (Å²) in [7, 11) is 1.85. The van der Waals surface area contributed by atoms with E-state index in [0.29, 0.717) is 24.9 Å². The van der Waals surface area contributed by atoms with Crippen LogP contribution in [0.1, 0.15) is 25.1 Å². The van der Waals surface area contributed by atoms with Crippen LogP contribution < -0.4 is 10.1 Å². The summed E-state index contributed by atoms with van der Waals surface area (Å²) in [6.07, 6.45) is 1.85. The van der Waals surface area contributed by atoms with Gasteiger partial charge in [-0.2, -0.15) is 5.10 Å². The van der Waals surface area contributed by atoms with Gasteiger partial charge < -0.3 is 10.1 Å². The van der Waals surface area contributed by atoms with E-state index in [1.165, 1.54) is 12.1 Å². The predicted molar refractivity (Wildman–Crippen MR) is 75.9 cm³/mol. The predicted octanol–water partition coefficient (Wildman–Crippen LogP) is 2.64. The third-order valence-corrected chi connectivity index (χ3v) is 2.80. The van der Waals surface area contributed by atoms with E-state index in [1.54, 1.807) is 4.68 Å². The largest absolute Gasteiger partial charge is 0.487 e. The van der Waals surface area contributed by atoms with Crippen LogP contribution in [0.5, 0.6) is 5.75 Å². The van der Waals surface area contributed by atoms with Gasteiger partial charge in [-0.1, -0.05) is 13.8 Å². The van der Waals surface area contributed by atoms with Gasteiger partial charge in [0.25, 0.3) is 0 Å². The molecule has 0 unspecified atom stereocenters. The van der Waals surface area contributed by atoms with E-state index < -0.39 is 0 Å². The van der Waals surface area contributed by atoms with Gasteiger partial charge in [-0.05, 0) is 23.8 Å². The molecule has 1 aromatic heterocycles. The maximum atomic E-state index is 13.6. The maximum absolute atomic E-state index is 13.6. The summed E-state index contributed by atoms with van der Waals surface area (Å²) in [5, 5.41) is 7.47. The lowest BCUT2D eigenvalue weighted by Gasteiger charge is -2.10. The SMILES string of the molecule is CC(C)NCc1cc(F)cc(OCc2ccn(C)n2)c1. The third kappa shape index (κ3) is 4.35. The second kappa shape index (κ2) is 6.52. The van der Waals surface area contributed by atoms with Crippen LogP contribution >= 0.6 is 0 Å². The van der Waals surface area contributed by atoms with Crippen LogP contribution in [0.3, 0.4) is 0 Å². The first-order chi connectivity index (χ1) is 9.52.